The highest BCUT2D eigenvalue weighted by atomic mass is 35.5. The molecule has 156 valence electrons. The van der Waals surface area contributed by atoms with E-state index in [4.69, 9.17) is 16.3 Å². The van der Waals surface area contributed by atoms with Crippen LogP contribution in [0.4, 0.5) is 10.1 Å². The van der Waals surface area contributed by atoms with Crippen LogP contribution in [0.1, 0.15) is 25.9 Å². The minimum atomic E-state index is -0.560. The summed E-state index contributed by atoms with van der Waals surface area (Å²) in [7, 11) is 1.59. The molecule has 2 amide bonds. The molecule has 0 aliphatic rings. The molecule has 0 saturated heterocycles. The Hall–Kier alpha value is -2.97. The summed E-state index contributed by atoms with van der Waals surface area (Å²) < 4.78 is 18.3. The maximum absolute atomic E-state index is 13.2. The Morgan fingerprint density at radius 3 is 2.60 bits per heavy atom. The second kappa shape index (κ2) is 9.69. The molecule has 1 aromatic heterocycles. The molecule has 2 N–H and O–H groups in total. The number of aromatic nitrogens is 1. The van der Waals surface area contributed by atoms with Gasteiger partial charge in [0, 0.05) is 12.2 Å². The smallest absolute Gasteiger partial charge is 0.263 e. The fourth-order valence-corrected chi connectivity index (χ4v) is 3.82. The number of aryl methyl sites for hydroxylation is 1. The molecule has 0 unspecified atom stereocenters. The maximum Gasteiger partial charge on any atom is 0.263 e. The van der Waals surface area contributed by atoms with Crippen LogP contribution in [0.2, 0.25) is 5.02 Å². The van der Waals surface area contributed by atoms with Crippen LogP contribution in [0, 0.1) is 12.7 Å². The largest absolute Gasteiger partial charge is 0.497 e. The number of hydrogen-bond donors (Lipinski definition) is 2. The molecule has 3 rings (SSSR count). The number of benzene rings is 2. The summed E-state index contributed by atoms with van der Waals surface area (Å²) >= 11 is 6.88. The van der Waals surface area contributed by atoms with Crippen LogP contribution in [0.5, 0.6) is 5.75 Å². The predicted octanol–water partition coefficient (Wildman–Crippen LogP) is 4.36. The van der Waals surface area contributed by atoms with Gasteiger partial charge in [-0.15, -0.1) is 11.3 Å². The summed E-state index contributed by atoms with van der Waals surface area (Å²) in [4.78, 5) is 29.5. The van der Waals surface area contributed by atoms with Crippen molar-refractivity contribution in [2.24, 2.45) is 0 Å². The number of hydrogen-bond acceptors (Lipinski definition) is 5. The number of thiazole rings is 1. The van der Waals surface area contributed by atoms with Crippen molar-refractivity contribution < 1.29 is 18.7 Å². The highest BCUT2D eigenvalue weighted by Gasteiger charge is 2.17. The molecule has 30 heavy (non-hydrogen) atoms. The van der Waals surface area contributed by atoms with E-state index in [-0.39, 0.29) is 23.3 Å². The average molecular weight is 448 g/mol. The number of carbonyl (C=O) groups is 2. The van der Waals surface area contributed by atoms with Crippen LogP contribution >= 0.6 is 22.9 Å². The first kappa shape index (κ1) is 21.7. The van der Waals surface area contributed by atoms with Gasteiger partial charge in [-0.05, 0) is 42.8 Å². The fraction of sp³-hybridized carbons (Fsp3) is 0.190. The Bertz CT molecular complexity index is 1070. The molecule has 0 saturated carbocycles. The number of methoxy groups -OCH3 is 1. The zero-order valence-corrected chi connectivity index (χ0v) is 17.9. The molecule has 0 aliphatic heterocycles. The van der Waals surface area contributed by atoms with Crippen molar-refractivity contribution in [1.29, 1.82) is 0 Å². The van der Waals surface area contributed by atoms with Crippen molar-refractivity contribution in [3.05, 3.63) is 74.4 Å². The third-order valence-corrected chi connectivity index (χ3v) is 5.62. The Labute approximate surface area is 182 Å². The monoisotopic (exact) mass is 447 g/mol. The first-order valence-corrected chi connectivity index (χ1v) is 10.2. The molecule has 0 spiro atoms. The van der Waals surface area contributed by atoms with Gasteiger partial charge in [0.25, 0.3) is 5.91 Å². The van der Waals surface area contributed by atoms with Crippen LogP contribution in [0.3, 0.4) is 0 Å². The molecule has 0 fully saturated rings. The van der Waals surface area contributed by atoms with E-state index >= 15 is 0 Å². The van der Waals surface area contributed by atoms with E-state index in [1.54, 1.807) is 14.0 Å². The van der Waals surface area contributed by atoms with Crippen LogP contribution in [-0.2, 0) is 17.8 Å². The number of nitrogens with zero attached hydrogens (tertiary/aromatic N) is 1. The number of halogens is 2. The first-order chi connectivity index (χ1) is 14.4. The van der Waals surface area contributed by atoms with E-state index in [0.717, 1.165) is 22.6 Å². The number of carbonyl (C=O) groups excluding carboxylic acids is 2. The van der Waals surface area contributed by atoms with Gasteiger partial charge < -0.3 is 15.4 Å². The van der Waals surface area contributed by atoms with Gasteiger partial charge in [-0.25, -0.2) is 9.37 Å². The second-order valence-electron chi connectivity index (χ2n) is 6.41. The van der Waals surface area contributed by atoms with Crippen molar-refractivity contribution in [1.82, 2.24) is 10.3 Å². The van der Waals surface area contributed by atoms with Gasteiger partial charge >= 0.3 is 0 Å². The number of ether oxygens (including phenoxy) is 1. The third-order valence-electron chi connectivity index (χ3n) is 4.17. The van der Waals surface area contributed by atoms with Gasteiger partial charge in [0.15, 0.2) is 0 Å². The maximum atomic E-state index is 13.2. The summed E-state index contributed by atoms with van der Waals surface area (Å²) in [5.74, 6) is -0.404. The molecule has 9 heteroatoms. The Kier molecular flexibility index (Phi) is 7.02. The lowest BCUT2D eigenvalue weighted by Gasteiger charge is -2.05. The fourth-order valence-electron chi connectivity index (χ4n) is 2.66. The van der Waals surface area contributed by atoms with E-state index in [1.807, 2.05) is 24.3 Å². The normalized spacial score (nSPS) is 10.5. The Morgan fingerprint density at radius 1 is 1.20 bits per heavy atom. The van der Waals surface area contributed by atoms with Crippen molar-refractivity contribution in [3.8, 4) is 5.75 Å². The van der Waals surface area contributed by atoms with E-state index < -0.39 is 5.82 Å². The topological polar surface area (TPSA) is 80.3 Å². The summed E-state index contributed by atoms with van der Waals surface area (Å²) in [6.45, 7) is 2.08. The molecule has 0 bridgehead atoms. The van der Waals surface area contributed by atoms with Crippen LogP contribution < -0.4 is 15.4 Å². The Balaban J connectivity index is 1.58. The molecule has 2 aromatic carbocycles. The van der Waals surface area contributed by atoms with Crippen LogP contribution in [0.25, 0.3) is 0 Å². The lowest BCUT2D eigenvalue weighted by atomic mass is 10.2. The van der Waals surface area contributed by atoms with Gasteiger partial charge in [-0.2, -0.15) is 0 Å². The third kappa shape index (κ3) is 5.55. The zero-order chi connectivity index (χ0) is 21.7. The lowest BCUT2D eigenvalue weighted by Crippen LogP contribution is -2.22. The van der Waals surface area contributed by atoms with Crippen molar-refractivity contribution in [3.63, 3.8) is 0 Å². The summed E-state index contributed by atoms with van der Waals surface area (Å²) in [5.41, 5.74) is 1.88. The Morgan fingerprint density at radius 2 is 1.93 bits per heavy atom. The molecular weight excluding hydrogens is 429 g/mol. The van der Waals surface area contributed by atoms with E-state index in [2.05, 4.69) is 15.6 Å². The van der Waals surface area contributed by atoms with Crippen LogP contribution in [0.15, 0.2) is 42.5 Å². The summed E-state index contributed by atoms with van der Waals surface area (Å²) in [5, 5.41) is 5.92. The second-order valence-corrected chi connectivity index (χ2v) is 7.90. The number of nitrogens with one attached hydrogen (secondary N) is 2. The molecule has 0 aliphatic carbocycles. The first-order valence-electron chi connectivity index (χ1n) is 8.98. The van der Waals surface area contributed by atoms with Gasteiger partial charge in [0.05, 0.1) is 24.2 Å². The average Bonchev–Trinajstić information content (AvgIpc) is 3.09. The van der Waals surface area contributed by atoms with Gasteiger partial charge in [-0.3, -0.25) is 9.59 Å². The van der Waals surface area contributed by atoms with E-state index in [0.29, 0.717) is 27.8 Å². The minimum absolute atomic E-state index is 0.00768. The number of amides is 2. The molecule has 0 radical (unpaired) electrons. The number of rotatable bonds is 7. The van der Waals surface area contributed by atoms with Gasteiger partial charge in [0.1, 0.15) is 21.5 Å². The lowest BCUT2D eigenvalue weighted by molar-refractivity contribution is -0.115. The van der Waals surface area contributed by atoms with Crippen LogP contribution in [-0.4, -0.2) is 23.9 Å². The molecule has 0 atom stereocenters. The number of anilines is 1. The SMILES string of the molecule is COc1ccc(CNC(=O)c2sc(CC(=O)Nc3ccc(F)c(Cl)c3)nc2C)cc1. The van der Waals surface area contributed by atoms with Gasteiger partial charge in [-0.1, -0.05) is 23.7 Å². The molecule has 6 nitrogen and oxygen atoms in total. The molecule has 1 heterocycles. The van der Waals surface area contributed by atoms with E-state index in [9.17, 15) is 14.0 Å². The predicted molar refractivity (Wildman–Crippen MR) is 115 cm³/mol. The van der Waals surface area contributed by atoms with E-state index in [1.165, 1.54) is 18.2 Å². The molecule has 3 aromatic rings. The van der Waals surface area contributed by atoms with Crippen molar-refractivity contribution in [2.75, 3.05) is 12.4 Å². The highest BCUT2D eigenvalue weighted by Crippen LogP contribution is 2.21. The quantitative estimate of drug-likeness (QED) is 0.563. The zero-order valence-electron chi connectivity index (χ0n) is 16.3. The standard InChI is InChI=1S/C21H19ClFN3O3S/c1-12-20(21(28)24-11-13-3-6-15(29-2)7-4-13)30-19(25-12)10-18(27)26-14-5-8-17(23)16(22)9-14/h3-9H,10-11H2,1-2H3,(H,24,28)(H,26,27). The highest BCUT2D eigenvalue weighted by molar-refractivity contribution is 7.13. The summed E-state index contributed by atoms with van der Waals surface area (Å²) in [6, 6.07) is 11.3. The van der Waals surface area contributed by atoms with Gasteiger partial charge in [0.2, 0.25) is 5.91 Å². The van der Waals surface area contributed by atoms with Crippen molar-refractivity contribution >= 4 is 40.4 Å². The summed E-state index contributed by atoms with van der Waals surface area (Å²) in [6.07, 6.45) is -0.00768. The minimum Gasteiger partial charge on any atom is -0.497 e. The van der Waals surface area contributed by atoms with Crippen molar-refractivity contribution in [2.45, 2.75) is 19.9 Å². The molecular formula is C21H19ClFN3O3S.